The van der Waals surface area contributed by atoms with Crippen molar-refractivity contribution in [2.24, 2.45) is 0 Å². The monoisotopic (exact) mass is 172 g/mol. The van der Waals surface area contributed by atoms with Crippen LogP contribution in [0.3, 0.4) is 0 Å². The van der Waals surface area contributed by atoms with Gasteiger partial charge in [0.2, 0.25) is 0 Å². The molecule has 0 rings (SSSR count). The Bertz CT molecular complexity index is 3.25. The normalized spacial score (nSPS) is 0. The van der Waals surface area contributed by atoms with Crippen molar-refractivity contribution in [1.82, 2.24) is 0 Å². The Balaban J connectivity index is 0. The molecule has 0 bridgehead atoms. The van der Waals surface area contributed by atoms with E-state index in [1.165, 1.54) is 0 Å². The first-order valence-electron chi connectivity index (χ1n) is 0. The number of hydrogen-bond acceptors (Lipinski definition) is 3. The molecule has 0 heterocycles. The van der Waals surface area contributed by atoms with E-state index >= 15 is 0 Å². The van der Waals surface area contributed by atoms with Crippen molar-refractivity contribution in [1.29, 1.82) is 0 Å². The van der Waals surface area contributed by atoms with Gasteiger partial charge in [0, 0.05) is 0 Å². The van der Waals surface area contributed by atoms with E-state index in [1.807, 2.05) is 0 Å². The Morgan fingerprint density at radius 3 is 0.500 bits per heavy atom. The van der Waals surface area contributed by atoms with Crippen LogP contribution in [-0.2, 0) is 0 Å². The van der Waals surface area contributed by atoms with E-state index in [9.17, 15) is 0 Å². The molecule has 0 aromatic heterocycles. The molecule has 0 saturated heterocycles. The van der Waals surface area contributed by atoms with E-state index in [2.05, 4.69) is 0 Å². The maximum Gasteiger partial charge on any atom is 3.00 e. The molecule has 0 aliphatic carbocycles. The van der Waals surface area contributed by atoms with Crippen molar-refractivity contribution in [3.8, 4) is 0 Å². The summed E-state index contributed by atoms with van der Waals surface area (Å²) >= 11 is 0. The molecule has 0 aromatic carbocycles. The molecular weight excluding hydrogens is 170 g/mol. The largest absolute Gasteiger partial charge is 3.00 e. The van der Waals surface area contributed by atoms with Crippen molar-refractivity contribution < 1.29 is 16.4 Å². The van der Waals surface area contributed by atoms with Crippen molar-refractivity contribution in [3.05, 3.63) is 0 Å². The van der Waals surface area contributed by atoms with Gasteiger partial charge in [-0.2, -0.15) is 0 Å². The summed E-state index contributed by atoms with van der Waals surface area (Å²) in [4.78, 5) is 0. The van der Waals surface area contributed by atoms with Crippen LogP contribution in [0.1, 0.15) is 0 Å². The smallest absolute Gasteiger partial charge is 0.870 e. The molecule has 0 atom stereocenters. The van der Waals surface area contributed by atoms with Gasteiger partial charge in [0.15, 0.2) is 0 Å². The first kappa shape index (κ1) is 132. The quantitative estimate of drug-likeness (QED) is 0.443. The molecule has 3 nitrogen and oxygen atoms in total. The molecule has 0 aromatic rings. The summed E-state index contributed by atoms with van der Waals surface area (Å²) in [6.45, 7) is 0. The SMILES string of the molecule is [OH-].[OH-].[OH-].[Sb+3]. The standard InChI is InChI=1S/3H2O.Sb/h3*1H2;/q;;;+3/p-3. The Labute approximate surface area is 41.4 Å². The first-order chi connectivity index (χ1) is 0. The summed E-state index contributed by atoms with van der Waals surface area (Å²) in [5, 5.41) is 0. The van der Waals surface area contributed by atoms with Crippen molar-refractivity contribution in [3.63, 3.8) is 0 Å². The minimum atomic E-state index is 0. The van der Waals surface area contributed by atoms with Gasteiger partial charge in [-0.05, 0) is 0 Å². The van der Waals surface area contributed by atoms with E-state index in [-0.39, 0.29) is 40.9 Å². The fraction of sp³-hybridized carbons (Fsp3) is 0. The van der Waals surface area contributed by atoms with Crippen LogP contribution in [0.2, 0.25) is 0 Å². The zero-order valence-corrected chi connectivity index (χ0v) is 4.34. The van der Waals surface area contributed by atoms with Gasteiger partial charge in [0.25, 0.3) is 0 Å². The zero-order chi connectivity index (χ0) is 0. The van der Waals surface area contributed by atoms with Crippen LogP contribution in [0.25, 0.3) is 0 Å². The summed E-state index contributed by atoms with van der Waals surface area (Å²) in [5.74, 6) is 0. The molecule has 3 N–H and O–H groups in total. The second kappa shape index (κ2) is 55.2. The summed E-state index contributed by atoms with van der Waals surface area (Å²) in [5.41, 5.74) is 0. The Hall–Kier alpha value is 0.698. The van der Waals surface area contributed by atoms with Gasteiger partial charge in [-0.15, -0.1) is 0 Å². The molecule has 0 fully saturated rings. The molecule has 4 heteroatoms. The topological polar surface area (TPSA) is 90.0 Å². The van der Waals surface area contributed by atoms with Crippen molar-refractivity contribution in [2.75, 3.05) is 0 Å². The average Bonchev–Trinajstić information content (AvgIpc) is 0. The van der Waals surface area contributed by atoms with Crippen LogP contribution in [-0.4, -0.2) is 40.9 Å². The third-order valence-corrected chi connectivity index (χ3v) is 0. The second-order valence-electron chi connectivity index (χ2n) is 0. The molecule has 0 amide bonds. The summed E-state index contributed by atoms with van der Waals surface area (Å²) in [7, 11) is 0. The van der Waals surface area contributed by atoms with E-state index in [4.69, 9.17) is 0 Å². The first-order valence-corrected chi connectivity index (χ1v) is 0. The van der Waals surface area contributed by atoms with E-state index < -0.39 is 0 Å². The van der Waals surface area contributed by atoms with E-state index in [1.54, 1.807) is 0 Å². The van der Waals surface area contributed by atoms with E-state index in [0.717, 1.165) is 0 Å². The van der Waals surface area contributed by atoms with Gasteiger partial charge in [0.1, 0.15) is 0 Å². The van der Waals surface area contributed by atoms with Crippen molar-refractivity contribution >= 4 is 24.4 Å². The zero-order valence-electron chi connectivity index (χ0n) is 1.79. The summed E-state index contributed by atoms with van der Waals surface area (Å²) < 4.78 is 0. The van der Waals surface area contributed by atoms with Gasteiger partial charge in [0.05, 0.1) is 0 Å². The molecule has 0 aliphatic rings. The Morgan fingerprint density at radius 2 is 0.500 bits per heavy atom. The molecule has 0 spiro atoms. The number of rotatable bonds is 0. The Kier molecular flexibility index (Phi) is 1820. The third-order valence-electron chi connectivity index (χ3n) is 0. The summed E-state index contributed by atoms with van der Waals surface area (Å²) in [6, 6.07) is 0. The number of hydrogen-bond donors (Lipinski definition) is 0. The van der Waals surface area contributed by atoms with Crippen LogP contribution >= 0.6 is 0 Å². The minimum Gasteiger partial charge on any atom is -0.870 e. The molecule has 2 radical (unpaired) electrons. The van der Waals surface area contributed by atoms with Gasteiger partial charge >= 0.3 is 24.4 Å². The second-order valence-corrected chi connectivity index (χ2v) is 0. The van der Waals surface area contributed by atoms with Crippen LogP contribution < -0.4 is 0 Å². The predicted octanol–water partition coefficient (Wildman–Crippen LogP) is -0.911. The van der Waals surface area contributed by atoms with Crippen molar-refractivity contribution in [2.45, 2.75) is 0 Å². The Morgan fingerprint density at radius 1 is 0.500 bits per heavy atom. The molecule has 0 unspecified atom stereocenters. The van der Waals surface area contributed by atoms with Crippen LogP contribution in [0.15, 0.2) is 0 Å². The molecule has 0 aliphatic heterocycles. The van der Waals surface area contributed by atoms with Gasteiger partial charge in [-0.25, -0.2) is 0 Å². The predicted molar refractivity (Wildman–Crippen MR) is 11.6 cm³/mol. The van der Waals surface area contributed by atoms with Gasteiger partial charge in [-0.1, -0.05) is 0 Å². The van der Waals surface area contributed by atoms with Crippen LogP contribution in [0.5, 0.6) is 0 Å². The minimum absolute atomic E-state index is 0. The van der Waals surface area contributed by atoms with Gasteiger partial charge in [-0.3, -0.25) is 0 Å². The fourth-order valence-electron chi connectivity index (χ4n) is 0. The average molecular weight is 173 g/mol. The van der Waals surface area contributed by atoms with Crippen LogP contribution in [0.4, 0.5) is 0 Å². The third kappa shape index (κ3) is 16.0. The maximum atomic E-state index is 0. The fourth-order valence-corrected chi connectivity index (χ4v) is 0. The molecular formula is H3O3Sb. The molecule has 26 valence electrons. The maximum absolute atomic E-state index is 0. The molecule has 0 saturated carbocycles. The summed E-state index contributed by atoms with van der Waals surface area (Å²) in [6.07, 6.45) is 0. The van der Waals surface area contributed by atoms with Crippen LogP contribution in [0, 0.1) is 0 Å². The molecule has 4 heavy (non-hydrogen) atoms. The van der Waals surface area contributed by atoms with Gasteiger partial charge < -0.3 is 16.4 Å². The van der Waals surface area contributed by atoms with E-state index in [0.29, 0.717) is 0 Å².